The van der Waals surface area contributed by atoms with E-state index >= 15 is 0 Å². The highest BCUT2D eigenvalue weighted by molar-refractivity contribution is 5.85. The largest absolute Gasteiger partial charge is 0.338 e. The van der Waals surface area contributed by atoms with Crippen LogP contribution in [0.4, 0.5) is 0 Å². The maximum Gasteiger partial charge on any atom is 0.240 e. The van der Waals surface area contributed by atoms with Gasteiger partial charge in [-0.3, -0.25) is 4.90 Å². The van der Waals surface area contributed by atoms with Gasteiger partial charge in [0, 0.05) is 19.0 Å². The number of halogens is 1. The Morgan fingerprint density at radius 3 is 2.83 bits per heavy atom. The smallest absolute Gasteiger partial charge is 0.240 e. The van der Waals surface area contributed by atoms with E-state index in [0.717, 1.165) is 50.7 Å². The third-order valence-corrected chi connectivity index (χ3v) is 4.12. The second-order valence-corrected chi connectivity index (χ2v) is 5.88. The first-order valence-electron chi connectivity index (χ1n) is 8.15. The molecular formula is C17H25ClN4O. The summed E-state index contributed by atoms with van der Waals surface area (Å²) in [5.74, 6) is 1.49. The molecule has 0 bridgehead atoms. The zero-order valence-electron chi connectivity index (χ0n) is 13.6. The van der Waals surface area contributed by atoms with Crippen LogP contribution in [0.15, 0.2) is 34.9 Å². The van der Waals surface area contributed by atoms with E-state index in [4.69, 9.17) is 4.52 Å². The van der Waals surface area contributed by atoms with Crippen LogP contribution in [0.3, 0.4) is 0 Å². The summed E-state index contributed by atoms with van der Waals surface area (Å²) in [4.78, 5) is 7.02. The zero-order chi connectivity index (χ0) is 15.2. The highest BCUT2D eigenvalue weighted by atomic mass is 35.5. The van der Waals surface area contributed by atoms with Gasteiger partial charge in [-0.2, -0.15) is 4.98 Å². The fourth-order valence-corrected chi connectivity index (χ4v) is 3.01. The average Bonchev–Trinajstić information content (AvgIpc) is 3.20. The number of nitrogens with zero attached hydrogens (tertiary/aromatic N) is 3. The lowest BCUT2D eigenvalue weighted by Gasteiger charge is -2.26. The first-order valence-corrected chi connectivity index (χ1v) is 8.15. The van der Waals surface area contributed by atoms with Gasteiger partial charge < -0.3 is 9.84 Å². The van der Waals surface area contributed by atoms with Crippen LogP contribution in [0, 0.1) is 0 Å². The molecule has 0 aliphatic carbocycles. The molecule has 1 unspecified atom stereocenters. The van der Waals surface area contributed by atoms with Crippen LogP contribution in [-0.4, -0.2) is 40.7 Å². The summed E-state index contributed by atoms with van der Waals surface area (Å²) in [6.45, 7) is 6.20. The second kappa shape index (κ2) is 9.01. The Labute approximate surface area is 143 Å². The van der Waals surface area contributed by atoms with Crippen molar-refractivity contribution in [2.75, 3.05) is 19.6 Å². The highest BCUT2D eigenvalue weighted by Crippen LogP contribution is 2.14. The molecule has 6 heteroatoms. The van der Waals surface area contributed by atoms with Gasteiger partial charge in [0.05, 0.1) is 6.54 Å². The van der Waals surface area contributed by atoms with E-state index in [1.165, 1.54) is 12.0 Å². The molecule has 1 aliphatic rings. The molecule has 1 aromatic carbocycles. The van der Waals surface area contributed by atoms with Crippen LogP contribution in [0.2, 0.25) is 0 Å². The van der Waals surface area contributed by atoms with Crippen LogP contribution in [0.1, 0.15) is 37.0 Å². The summed E-state index contributed by atoms with van der Waals surface area (Å²) in [5.41, 5.74) is 1.21. The molecule has 0 radical (unpaired) electrons. The van der Waals surface area contributed by atoms with Gasteiger partial charge in [-0.25, -0.2) is 0 Å². The molecule has 2 heterocycles. The van der Waals surface area contributed by atoms with E-state index in [2.05, 4.69) is 39.4 Å². The molecule has 1 aliphatic heterocycles. The molecule has 5 nitrogen and oxygen atoms in total. The molecule has 1 aromatic heterocycles. The van der Waals surface area contributed by atoms with E-state index in [1.54, 1.807) is 0 Å². The predicted molar refractivity (Wildman–Crippen MR) is 92.8 cm³/mol. The molecule has 0 spiro atoms. The number of hydrogen-bond acceptors (Lipinski definition) is 5. The van der Waals surface area contributed by atoms with Gasteiger partial charge in [0.15, 0.2) is 5.82 Å². The summed E-state index contributed by atoms with van der Waals surface area (Å²) in [6, 6.07) is 10.8. The number of hydrogen-bond donors (Lipinski definition) is 1. The number of aromatic nitrogens is 2. The van der Waals surface area contributed by atoms with Crippen molar-refractivity contribution in [1.29, 1.82) is 0 Å². The number of nitrogens with one attached hydrogen (secondary N) is 1. The van der Waals surface area contributed by atoms with Gasteiger partial charge >= 0.3 is 0 Å². The maximum absolute atomic E-state index is 5.45. The van der Waals surface area contributed by atoms with Gasteiger partial charge in [-0.1, -0.05) is 42.4 Å². The minimum absolute atomic E-state index is 0. The average molecular weight is 337 g/mol. The van der Waals surface area contributed by atoms with Crippen molar-refractivity contribution in [2.45, 2.75) is 38.8 Å². The monoisotopic (exact) mass is 336 g/mol. The topological polar surface area (TPSA) is 54.2 Å². The van der Waals surface area contributed by atoms with Crippen molar-refractivity contribution in [3.05, 3.63) is 47.6 Å². The van der Waals surface area contributed by atoms with Crippen LogP contribution >= 0.6 is 12.4 Å². The van der Waals surface area contributed by atoms with Gasteiger partial charge in [0.2, 0.25) is 5.89 Å². The van der Waals surface area contributed by atoms with Crippen molar-refractivity contribution in [3.63, 3.8) is 0 Å². The number of rotatable bonds is 7. The van der Waals surface area contributed by atoms with Crippen molar-refractivity contribution >= 4 is 12.4 Å². The quantitative estimate of drug-likeness (QED) is 0.842. The molecule has 1 saturated heterocycles. The Morgan fingerprint density at radius 1 is 1.30 bits per heavy atom. The summed E-state index contributed by atoms with van der Waals surface area (Å²) in [7, 11) is 0. The lowest BCUT2D eigenvalue weighted by Crippen LogP contribution is -2.37. The fourth-order valence-electron chi connectivity index (χ4n) is 3.01. The van der Waals surface area contributed by atoms with Gasteiger partial charge in [0.25, 0.3) is 0 Å². The Kier molecular flexibility index (Phi) is 7.02. The third-order valence-electron chi connectivity index (χ3n) is 4.12. The fraction of sp³-hybridized carbons (Fsp3) is 0.529. The third kappa shape index (κ3) is 5.03. The molecule has 1 N–H and O–H groups in total. The minimum atomic E-state index is 0. The Bertz CT molecular complexity index is 569. The van der Waals surface area contributed by atoms with Gasteiger partial charge in [-0.05, 0) is 31.5 Å². The lowest BCUT2D eigenvalue weighted by molar-refractivity contribution is 0.174. The molecule has 23 heavy (non-hydrogen) atoms. The van der Waals surface area contributed by atoms with Crippen LogP contribution in [0.5, 0.6) is 0 Å². The van der Waals surface area contributed by atoms with Crippen molar-refractivity contribution in [2.24, 2.45) is 0 Å². The maximum atomic E-state index is 5.45. The van der Waals surface area contributed by atoms with E-state index in [-0.39, 0.29) is 12.4 Å². The van der Waals surface area contributed by atoms with Gasteiger partial charge in [0.1, 0.15) is 0 Å². The summed E-state index contributed by atoms with van der Waals surface area (Å²) in [6.07, 6.45) is 3.07. The molecule has 126 valence electrons. The normalized spacial score (nSPS) is 17.4. The van der Waals surface area contributed by atoms with E-state index in [9.17, 15) is 0 Å². The van der Waals surface area contributed by atoms with Crippen molar-refractivity contribution in [3.8, 4) is 0 Å². The van der Waals surface area contributed by atoms with Crippen LogP contribution < -0.4 is 5.32 Å². The minimum Gasteiger partial charge on any atom is -0.338 e. The molecule has 0 amide bonds. The SMILES string of the molecule is CCCN(Cc1nc(Cc2ccccc2)no1)C1CCNC1.Cl. The second-order valence-electron chi connectivity index (χ2n) is 5.88. The first-order chi connectivity index (χ1) is 10.8. The Morgan fingerprint density at radius 2 is 2.13 bits per heavy atom. The summed E-state index contributed by atoms with van der Waals surface area (Å²) in [5, 5.41) is 7.55. The summed E-state index contributed by atoms with van der Waals surface area (Å²) < 4.78 is 5.45. The molecule has 1 atom stereocenters. The van der Waals surface area contributed by atoms with E-state index in [1.807, 2.05) is 18.2 Å². The van der Waals surface area contributed by atoms with E-state index < -0.39 is 0 Å². The van der Waals surface area contributed by atoms with Crippen LogP contribution in [-0.2, 0) is 13.0 Å². The Balaban J connectivity index is 0.00000192. The van der Waals surface area contributed by atoms with E-state index in [0.29, 0.717) is 6.04 Å². The molecule has 0 saturated carbocycles. The standard InChI is InChI=1S/C17H24N4O.ClH/c1-2-10-21(15-8-9-18-12-15)13-17-19-16(20-22-17)11-14-6-4-3-5-7-14;/h3-7,15,18H,2,8-13H2,1H3;1H. The van der Waals surface area contributed by atoms with Crippen molar-refractivity contribution < 1.29 is 4.52 Å². The molecule has 3 rings (SSSR count). The van der Waals surface area contributed by atoms with Crippen molar-refractivity contribution in [1.82, 2.24) is 20.4 Å². The highest BCUT2D eigenvalue weighted by Gasteiger charge is 2.23. The molecular weight excluding hydrogens is 312 g/mol. The molecule has 2 aromatic rings. The summed E-state index contributed by atoms with van der Waals surface area (Å²) >= 11 is 0. The Hall–Kier alpha value is -1.43. The molecule has 1 fully saturated rings. The van der Waals surface area contributed by atoms with Crippen LogP contribution in [0.25, 0.3) is 0 Å². The first kappa shape index (κ1) is 17.9. The number of benzene rings is 1. The lowest BCUT2D eigenvalue weighted by atomic mass is 10.1. The zero-order valence-corrected chi connectivity index (χ0v) is 14.4. The van der Waals surface area contributed by atoms with Gasteiger partial charge in [-0.15, -0.1) is 12.4 Å². The predicted octanol–water partition coefficient (Wildman–Crippen LogP) is 2.66.